The van der Waals surface area contributed by atoms with Crippen LogP contribution in [-0.2, 0) is 6.42 Å². The zero-order chi connectivity index (χ0) is 15.6. The summed E-state index contributed by atoms with van der Waals surface area (Å²) >= 11 is 0. The zero-order valence-corrected chi connectivity index (χ0v) is 12.4. The minimum absolute atomic E-state index is 0.0150. The highest BCUT2D eigenvalue weighted by Crippen LogP contribution is 2.33. The molecule has 2 rings (SSSR count). The number of hydrogen-bond acceptors (Lipinski definition) is 4. The van der Waals surface area contributed by atoms with Gasteiger partial charge in [-0.2, -0.15) is 0 Å². The average Bonchev–Trinajstić information content (AvgIpc) is 2.36. The van der Waals surface area contributed by atoms with E-state index in [2.05, 4.69) is 10.3 Å². The summed E-state index contributed by atoms with van der Waals surface area (Å²) < 4.78 is 0. The van der Waals surface area contributed by atoms with Crippen LogP contribution in [0.2, 0.25) is 0 Å². The number of aromatic nitrogens is 1. The van der Waals surface area contributed by atoms with Gasteiger partial charge in [-0.25, -0.2) is 0 Å². The summed E-state index contributed by atoms with van der Waals surface area (Å²) in [7, 11) is 0. The number of aromatic amines is 1. The van der Waals surface area contributed by atoms with Crippen LogP contribution in [0.1, 0.15) is 53.1 Å². The summed E-state index contributed by atoms with van der Waals surface area (Å²) in [6, 6.07) is 1.42. The molecule has 0 spiro atoms. The van der Waals surface area contributed by atoms with Gasteiger partial charge in [-0.3, -0.25) is 14.4 Å². The van der Waals surface area contributed by atoms with E-state index in [9.17, 15) is 14.4 Å². The van der Waals surface area contributed by atoms with Gasteiger partial charge >= 0.3 is 0 Å². The highest BCUT2D eigenvalue weighted by atomic mass is 16.2. The normalized spacial score (nSPS) is 16.4. The van der Waals surface area contributed by atoms with Crippen molar-refractivity contribution in [1.82, 2.24) is 10.3 Å². The van der Waals surface area contributed by atoms with Crippen molar-refractivity contribution in [3.8, 4) is 0 Å². The molecule has 0 aliphatic heterocycles. The van der Waals surface area contributed by atoms with Crippen LogP contribution in [-0.4, -0.2) is 29.8 Å². The van der Waals surface area contributed by atoms with Crippen LogP contribution < -0.4 is 16.6 Å². The van der Waals surface area contributed by atoms with E-state index in [0.717, 1.165) is 0 Å². The molecule has 0 atom stereocenters. The maximum atomic E-state index is 12.2. The minimum Gasteiger partial charge on any atom is -0.352 e. The minimum atomic E-state index is -0.467. The number of Topliss-reactive ketones (excluding diaryl/α,β-unsaturated/α-hetero) is 1. The molecule has 6 heteroatoms. The predicted octanol–water partition coefficient (Wildman–Crippen LogP) is 0.609. The number of amides is 1. The summed E-state index contributed by atoms with van der Waals surface area (Å²) in [5.74, 6) is -0.501. The maximum Gasteiger partial charge on any atom is 0.261 e. The fourth-order valence-corrected chi connectivity index (χ4v) is 2.60. The number of ketones is 1. The van der Waals surface area contributed by atoms with E-state index in [1.54, 1.807) is 0 Å². The van der Waals surface area contributed by atoms with E-state index in [1.807, 2.05) is 13.8 Å². The Bertz CT molecular complexity index is 632. The molecule has 1 aromatic rings. The predicted molar refractivity (Wildman–Crippen MR) is 79.5 cm³/mol. The lowest BCUT2D eigenvalue weighted by molar-refractivity contribution is 0.0910. The number of H-pyrrole nitrogens is 1. The van der Waals surface area contributed by atoms with Crippen LogP contribution >= 0.6 is 0 Å². The van der Waals surface area contributed by atoms with Crippen molar-refractivity contribution in [3.05, 3.63) is 33.2 Å². The van der Waals surface area contributed by atoms with Crippen molar-refractivity contribution in [1.29, 1.82) is 0 Å². The van der Waals surface area contributed by atoms with Gasteiger partial charge in [0.15, 0.2) is 5.78 Å². The van der Waals surface area contributed by atoms with E-state index in [1.165, 1.54) is 6.07 Å². The Morgan fingerprint density at radius 2 is 2.10 bits per heavy atom. The third-order valence-electron chi connectivity index (χ3n) is 3.63. The van der Waals surface area contributed by atoms with Crippen molar-refractivity contribution in [2.75, 3.05) is 13.1 Å². The average molecular weight is 291 g/mol. The van der Waals surface area contributed by atoms with Crippen molar-refractivity contribution >= 4 is 11.7 Å². The van der Waals surface area contributed by atoms with Gasteiger partial charge in [-0.15, -0.1) is 0 Å². The number of fused-ring (bicyclic) bond motifs is 1. The van der Waals surface area contributed by atoms with E-state index in [-0.39, 0.29) is 16.8 Å². The number of rotatable bonds is 4. The van der Waals surface area contributed by atoms with Crippen LogP contribution in [0.3, 0.4) is 0 Å². The number of carbonyl (C=O) groups is 2. The Kier molecular flexibility index (Phi) is 4.27. The van der Waals surface area contributed by atoms with Gasteiger partial charge in [0.05, 0.1) is 0 Å². The van der Waals surface area contributed by atoms with Gasteiger partial charge in [-0.05, 0) is 30.9 Å². The fraction of sp³-hybridized carbons (Fsp3) is 0.533. The van der Waals surface area contributed by atoms with Gasteiger partial charge in [-0.1, -0.05) is 13.8 Å². The zero-order valence-electron chi connectivity index (χ0n) is 12.4. The summed E-state index contributed by atoms with van der Waals surface area (Å²) in [6.07, 6.45) is 1.68. The second-order valence-corrected chi connectivity index (χ2v) is 6.24. The van der Waals surface area contributed by atoms with E-state index in [0.29, 0.717) is 43.6 Å². The van der Waals surface area contributed by atoms with Gasteiger partial charge < -0.3 is 16.0 Å². The standard InChI is InChI=1S/C15H21N3O3/c1-15(2)7-11-9(12(19)8-15)6-10(14(21)18-11)13(20)17-5-3-4-16/h6H,3-5,7-8,16H2,1-2H3,(H,17,20)(H,18,21). The van der Waals surface area contributed by atoms with Crippen molar-refractivity contribution in [2.24, 2.45) is 11.1 Å². The van der Waals surface area contributed by atoms with Gasteiger partial charge in [0.25, 0.3) is 11.5 Å². The fourth-order valence-electron chi connectivity index (χ4n) is 2.60. The molecule has 21 heavy (non-hydrogen) atoms. The van der Waals surface area contributed by atoms with Gasteiger partial charge in [0.1, 0.15) is 5.56 Å². The largest absolute Gasteiger partial charge is 0.352 e. The van der Waals surface area contributed by atoms with Gasteiger partial charge in [0.2, 0.25) is 0 Å². The first-order valence-electron chi connectivity index (χ1n) is 7.12. The topological polar surface area (TPSA) is 105 Å². The Morgan fingerprint density at radius 1 is 1.38 bits per heavy atom. The smallest absolute Gasteiger partial charge is 0.261 e. The molecule has 1 aliphatic carbocycles. The van der Waals surface area contributed by atoms with E-state index >= 15 is 0 Å². The number of carbonyl (C=O) groups excluding carboxylic acids is 2. The molecule has 0 saturated carbocycles. The second-order valence-electron chi connectivity index (χ2n) is 6.24. The van der Waals surface area contributed by atoms with Gasteiger partial charge in [0, 0.05) is 24.2 Å². The molecule has 1 aliphatic rings. The molecule has 4 N–H and O–H groups in total. The number of pyridine rings is 1. The molecule has 0 bridgehead atoms. The van der Waals surface area contributed by atoms with Crippen molar-refractivity contribution in [3.63, 3.8) is 0 Å². The molecular weight excluding hydrogens is 270 g/mol. The maximum absolute atomic E-state index is 12.2. The van der Waals surface area contributed by atoms with E-state index < -0.39 is 11.5 Å². The molecule has 0 fully saturated rings. The summed E-state index contributed by atoms with van der Waals surface area (Å²) in [6.45, 7) is 4.85. The van der Waals surface area contributed by atoms with E-state index in [4.69, 9.17) is 5.73 Å². The molecule has 0 unspecified atom stereocenters. The monoisotopic (exact) mass is 291 g/mol. The number of hydrogen-bond donors (Lipinski definition) is 3. The SMILES string of the molecule is CC1(C)CC(=O)c2cc(C(=O)NCCCN)c(=O)[nH]c2C1. The Balaban J connectivity index is 2.31. The molecular formula is C15H21N3O3. The molecule has 1 amide bonds. The lowest BCUT2D eigenvalue weighted by Gasteiger charge is -2.29. The number of nitrogens with two attached hydrogens (primary N) is 1. The third-order valence-corrected chi connectivity index (χ3v) is 3.63. The van der Waals surface area contributed by atoms with Crippen LogP contribution in [0.5, 0.6) is 0 Å². The first-order valence-corrected chi connectivity index (χ1v) is 7.12. The molecule has 6 nitrogen and oxygen atoms in total. The van der Waals surface area contributed by atoms with Crippen LogP contribution in [0.4, 0.5) is 0 Å². The van der Waals surface area contributed by atoms with Crippen molar-refractivity contribution < 1.29 is 9.59 Å². The highest BCUT2D eigenvalue weighted by molar-refractivity contribution is 6.02. The molecule has 0 aromatic carbocycles. The molecule has 0 radical (unpaired) electrons. The second kappa shape index (κ2) is 5.81. The molecule has 1 heterocycles. The third kappa shape index (κ3) is 3.39. The summed E-state index contributed by atoms with van der Waals surface area (Å²) in [5, 5.41) is 2.63. The van der Waals surface area contributed by atoms with Crippen LogP contribution in [0.25, 0.3) is 0 Å². The molecule has 0 saturated heterocycles. The quantitative estimate of drug-likeness (QED) is 0.707. The Morgan fingerprint density at radius 3 is 2.76 bits per heavy atom. The van der Waals surface area contributed by atoms with Crippen LogP contribution in [0, 0.1) is 5.41 Å². The number of nitrogens with one attached hydrogen (secondary N) is 2. The molecule has 114 valence electrons. The van der Waals surface area contributed by atoms with Crippen molar-refractivity contribution in [2.45, 2.75) is 33.1 Å². The Hall–Kier alpha value is -1.95. The van der Waals surface area contributed by atoms with Crippen LogP contribution in [0.15, 0.2) is 10.9 Å². The summed E-state index contributed by atoms with van der Waals surface area (Å²) in [5.41, 5.74) is 5.80. The molecule has 1 aromatic heterocycles. The Labute approximate surface area is 123 Å². The lowest BCUT2D eigenvalue weighted by Crippen LogP contribution is -2.35. The summed E-state index contributed by atoms with van der Waals surface area (Å²) in [4.78, 5) is 38.9. The first kappa shape index (κ1) is 15.4. The first-order chi connectivity index (χ1) is 9.84. The lowest BCUT2D eigenvalue weighted by atomic mass is 9.75. The highest BCUT2D eigenvalue weighted by Gasteiger charge is 2.32.